The van der Waals surface area contributed by atoms with Crippen molar-refractivity contribution in [1.29, 1.82) is 0 Å². The minimum absolute atomic E-state index is 0.0158. The summed E-state index contributed by atoms with van der Waals surface area (Å²) in [6.07, 6.45) is 3.82. The molecule has 3 aromatic rings. The molecule has 1 saturated carbocycles. The predicted molar refractivity (Wildman–Crippen MR) is 166 cm³/mol. The van der Waals surface area contributed by atoms with Gasteiger partial charge in [0.05, 0.1) is 40.4 Å². The van der Waals surface area contributed by atoms with E-state index in [1.807, 2.05) is 12.1 Å². The number of carbonyl (C=O) groups is 2. The average Bonchev–Trinajstić information content (AvgIpc) is 3.44. The van der Waals surface area contributed by atoms with E-state index < -0.39 is 24.1 Å². The van der Waals surface area contributed by atoms with Crippen LogP contribution in [0.2, 0.25) is 0 Å². The monoisotopic (exact) mass is 620 g/mol. The Morgan fingerprint density at radius 3 is 2.42 bits per heavy atom. The lowest BCUT2D eigenvalue weighted by molar-refractivity contribution is -0.187. The first-order valence-electron chi connectivity index (χ1n) is 15.2. The summed E-state index contributed by atoms with van der Waals surface area (Å²) in [6.45, 7) is 1.68. The topological polar surface area (TPSA) is 129 Å². The minimum atomic E-state index is -0.661. The Labute approximate surface area is 262 Å². The molecule has 45 heavy (non-hydrogen) atoms. The molecular formula is C34H40N2O9. The van der Waals surface area contributed by atoms with E-state index in [2.05, 4.69) is 16.0 Å². The molecule has 11 heteroatoms. The quantitative estimate of drug-likeness (QED) is 0.278. The Morgan fingerprint density at radius 1 is 1.00 bits per heavy atom. The number of ether oxygens (including phenoxy) is 6. The van der Waals surface area contributed by atoms with Gasteiger partial charge in [-0.3, -0.25) is 9.69 Å². The lowest BCUT2D eigenvalue weighted by Gasteiger charge is -2.52. The number of aromatic nitrogens is 1. The average molecular weight is 621 g/mol. The number of benzene rings is 2. The van der Waals surface area contributed by atoms with Crippen molar-refractivity contribution in [3.05, 3.63) is 53.2 Å². The first-order chi connectivity index (χ1) is 21.8. The number of rotatable bonds is 8. The highest BCUT2D eigenvalue weighted by Crippen LogP contribution is 2.50. The standard InChI is InChI=1S/C34H40N2O9/c1-40-20-7-8-21-22-10-11-36-17-19-14-28(45-29(37)9-6-18-12-26(41-2)32(38)27(13-18)42-3)33(43-4)30(34(39)44-5)23(19)16-25(36)31(22)35-24(21)15-20/h6-9,12-13,15,19,23,25,28,30,33,35,38H,10-11,14,16-17H2,1-5H3/b9-6+/t19-,23+,25-,28-,30+,33+/m1/s1. The van der Waals surface area contributed by atoms with Gasteiger partial charge in [-0.2, -0.15) is 0 Å². The van der Waals surface area contributed by atoms with Crippen LogP contribution in [0.4, 0.5) is 0 Å². The van der Waals surface area contributed by atoms with Gasteiger partial charge in [-0.15, -0.1) is 0 Å². The lowest BCUT2D eigenvalue weighted by atomic mass is 9.63. The molecule has 1 aromatic heterocycles. The van der Waals surface area contributed by atoms with Gasteiger partial charge in [0.25, 0.3) is 0 Å². The van der Waals surface area contributed by atoms with Crippen LogP contribution in [-0.4, -0.2) is 87.8 Å². The van der Waals surface area contributed by atoms with Gasteiger partial charge in [-0.25, -0.2) is 4.79 Å². The summed E-state index contributed by atoms with van der Waals surface area (Å²) >= 11 is 0. The van der Waals surface area contributed by atoms with Crippen LogP contribution in [-0.2, 0) is 30.2 Å². The Morgan fingerprint density at radius 2 is 1.76 bits per heavy atom. The molecule has 11 nitrogen and oxygen atoms in total. The number of hydrogen-bond acceptors (Lipinski definition) is 10. The second-order valence-electron chi connectivity index (χ2n) is 11.9. The molecular weight excluding hydrogens is 580 g/mol. The van der Waals surface area contributed by atoms with Gasteiger partial charge in [0.2, 0.25) is 5.75 Å². The van der Waals surface area contributed by atoms with Gasteiger partial charge in [0.15, 0.2) is 11.5 Å². The Kier molecular flexibility index (Phi) is 8.65. The molecule has 1 aliphatic carbocycles. The van der Waals surface area contributed by atoms with Crippen molar-refractivity contribution in [3.63, 3.8) is 0 Å². The minimum Gasteiger partial charge on any atom is -0.502 e. The number of hydrogen-bond donors (Lipinski definition) is 2. The van der Waals surface area contributed by atoms with Gasteiger partial charge in [-0.1, -0.05) is 0 Å². The zero-order chi connectivity index (χ0) is 31.8. The Hall–Kier alpha value is -4.22. The number of aromatic hydroxyl groups is 1. The third-order valence-electron chi connectivity index (χ3n) is 9.78. The number of phenols is 1. The molecule has 2 aromatic carbocycles. The van der Waals surface area contributed by atoms with E-state index in [9.17, 15) is 14.7 Å². The SMILES string of the molecule is COC(=O)[C@H]1[C@H]2C[C@@H]3c4[nH]c5cc(OC)ccc5c4CCN3C[C@H]2C[C@@H](OC(=O)/C=C/c2cc(OC)c(O)c(OC)c2)[C@@H]1OC. The first-order valence-corrected chi connectivity index (χ1v) is 15.2. The van der Waals surface area contributed by atoms with E-state index in [-0.39, 0.29) is 41.1 Å². The van der Waals surface area contributed by atoms with E-state index >= 15 is 0 Å². The number of esters is 2. The van der Waals surface area contributed by atoms with Crippen LogP contribution in [0.25, 0.3) is 17.0 Å². The molecule has 6 atom stereocenters. The van der Waals surface area contributed by atoms with Crippen LogP contribution in [0, 0.1) is 17.8 Å². The maximum absolute atomic E-state index is 13.4. The highest BCUT2D eigenvalue weighted by molar-refractivity contribution is 5.88. The number of fused-ring (bicyclic) bond motifs is 6. The Balaban J connectivity index is 1.24. The van der Waals surface area contributed by atoms with E-state index in [1.165, 1.54) is 44.0 Å². The largest absolute Gasteiger partial charge is 0.502 e. The van der Waals surface area contributed by atoms with Crippen molar-refractivity contribution in [2.75, 3.05) is 48.6 Å². The lowest BCUT2D eigenvalue weighted by Crippen LogP contribution is -2.58. The number of nitrogens with one attached hydrogen (secondary N) is 1. The highest BCUT2D eigenvalue weighted by Gasteiger charge is 2.54. The summed E-state index contributed by atoms with van der Waals surface area (Å²) in [7, 11) is 7.47. The molecule has 0 unspecified atom stereocenters. The van der Waals surface area contributed by atoms with Gasteiger partial charge in [0.1, 0.15) is 18.0 Å². The summed E-state index contributed by atoms with van der Waals surface area (Å²) in [5.41, 5.74) is 4.15. The molecule has 1 saturated heterocycles. The normalized spacial score (nSPS) is 26.1. The Bertz CT molecular complexity index is 1590. The van der Waals surface area contributed by atoms with Crippen LogP contribution in [0.1, 0.15) is 35.7 Å². The summed E-state index contributed by atoms with van der Waals surface area (Å²) in [6, 6.07) is 9.44. The molecule has 0 bridgehead atoms. The smallest absolute Gasteiger partial charge is 0.331 e. The van der Waals surface area contributed by atoms with Gasteiger partial charge < -0.3 is 38.5 Å². The third-order valence-corrected chi connectivity index (χ3v) is 9.78. The number of carbonyl (C=O) groups excluding carboxylic acids is 2. The van der Waals surface area contributed by atoms with Crippen LogP contribution in [0.3, 0.4) is 0 Å². The summed E-state index contributed by atoms with van der Waals surface area (Å²) < 4.78 is 33.1. The van der Waals surface area contributed by atoms with Crippen LogP contribution < -0.4 is 14.2 Å². The molecule has 3 aliphatic rings. The van der Waals surface area contributed by atoms with Gasteiger partial charge >= 0.3 is 11.9 Å². The van der Waals surface area contributed by atoms with Crippen LogP contribution in [0.5, 0.6) is 23.0 Å². The van der Waals surface area contributed by atoms with Crippen LogP contribution >= 0.6 is 0 Å². The van der Waals surface area contributed by atoms with Crippen molar-refractivity contribution < 1.29 is 43.1 Å². The molecule has 3 heterocycles. The second-order valence-corrected chi connectivity index (χ2v) is 11.9. The van der Waals surface area contributed by atoms with Crippen LogP contribution in [0.15, 0.2) is 36.4 Å². The molecule has 2 fully saturated rings. The molecule has 6 rings (SSSR count). The fourth-order valence-electron chi connectivity index (χ4n) is 7.72. The van der Waals surface area contributed by atoms with Crippen molar-refractivity contribution in [1.82, 2.24) is 9.88 Å². The predicted octanol–water partition coefficient (Wildman–Crippen LogP) is 4.27. The van der Waals surface area contributed by atoms with Crippen molar-refractivity contribution in [3.8, 4) is 23.0 Å². The molecule has 0 spiro atoms. The number of methoxy groups -OCH3 is 5. The van der Waals surface area contributed by atoms with Crippen molar-refractivity contribution in [2.45, 2.75) is 37.5 Å². The number of nitrogens with zero attached hydrogens (tertiary/aromatic N) is 1. The molecule has 2 N–H and O–H groups in total. The molecule has 240 valence electrons. The number of piperidine rings is 1. The maximum Gasteiger partial charge on any atom is 0.331 e. The van der Waals surface area contributed by atoms with E-state index in [1.54, 1.807) is 32.4 Å². The zero-order valence-electron chi connectivity index (χ0n) is 26.2. The summed E-state index contributed by atoms with van der Waals surface area (Å²) in [5.74, 6) is -0.320. The number of H-pyrrole nitrogens is 1. The van der Waals surface area contributed by atoms with E-state index in [0.717, 1.165) is 37.2 Å². The van der Waals surface area contributed by atoms with E-state index in [4.69, 9.17) is 28.4 Å². The summed E-state index contributed by atoms with van der Waals surface area (Å²) in [4.78, 5) is 32.6. The van der Waals surface area contributed by atoms with Crippen molar-refractivity contribution in [2.24, 2.45) is 17.8 Å². The zero-order valence-corrected chi connectivity index (χ0v) is 26.2. The fraction of sp³-hybridized carbons (Fsp3) is 0.471. The first kappa shape index (κ1) is 30.8. The number of aromatic amines is 1. The molecule has 0 radical (unpaired) electrons. The highest BCUT2D eigenvalue weighted by atomic mass is 16.6. The fourth-order valence-corrected chi connectivity index (χ4v) is 7.72. The third kappa shape index (κ3) is 5.59. The second kappa shape index (κ2) is 12.6. The maximum atomic E-state index is 13.4. The summed E-state index contributed by atoms with van der Waals surface area (Å²) in [5, 5.41) is 11.4. The molecule has 2 aliphatic heterocycles. The van der Waals surface area contributed by atoms with Gasteiger partial charge in [0, 0.05) is 48.9 Å². The molecule has 0 amide bonds. The van der Waals surface area contributed by atoms with Gasteiger partial charge in [-0.05, 0) is 72.6 Å². The van der Waals surface area contributed by atoms with Crippen molar-refractivity contribution >= 4 is 28.9 Å². The van der Waals surface area contributed by atoms with E-state index in [0.29, 0.717) is 12.0 Å². The number of phenolic OH excluding ortho intramolecular Hbond substituents is 1.